The van der Waals surface area contributed by atoms with E-state index >= 15 is 0 Å². The van der Waals surface area contributed by atoms with Crippen LogP contribution in [-0.4, -0.2) is 27.7 Å². The molecule has 0 N–H and O–H groups in total. The smallest absolute Gasteiger partial charge is 0.308 e. The Morgan fingerprint density at radius 1 is 1.26 bits per heavy atom. The summed E-state index contributed by atoms with van der Waals surface area (Å²) in [5.74, 6) is 1.44. The fourth-order valence-corrected chi connectivity index (χ4v) is 2.92. The van der Waals surface area contributed by atoms with Gasteiger partial charge in [-0.15, -0.1) is 0 Å². The van der Waals surface area contributed by atoms with E-state index in [1.807, 2.05) is 19.1 Å². The number of rotatable bonds is 5. The molecule has 1 fully saturated rings. The number of carbonyl (C=O) groups excluding carboxylic acids is 1. The van der Waals surface area contributed by atoms with Crippen LogP contribution < -0.4 is 0 Å². The number of nitrogens with zero attached hydrogens (tertiary/aromatic N) is 3. The molecule has 0 unspecified atom stereocenters. The molecule has 0 saturated heterocycles. The number of hydrogen-bond acceptors (Lipinski definition) is 6. The first-order chi connectivity index (χ1) is 11.3. The van der Waals surface area contributed by atoms with E-state index in [1.54, 1.807) is 12.4 Å². The van der Waals surface area contributed by atoms with Crippen molar-refractivity contribution in [2.75, 3.05) is 6.61 Å². The third-order valence-electron chi connectivity index (χ3n) is 4.24. The minimum absolute atomic E-state index is 0.0142. The van der Waals surface area contributed by atoms with Crippen LogP contribution in [0.15, 0.2) is 29.0 Å². The van der Waals surface area contributed by atoms with Crippen LogP contribution in [0.4, 0.5) is 0 Å². The fourth-order valence-electron chi connectivity index (χ4n) is 2.92. The average Bonchev–Trinajstić information content (AvgIpc) is 3.11. The Kier molecular flexibility index (Phi) is 5.00. The van der Waals surface area contributed by atoms with Crippen molar-refractivity contribution in [3.05, 3.63) is 30.4 Å². The summed E-state index contributed by atoms with van der Waals surface area (Å²) in [7, 11) is 0. The van der Waals surface area contributed by atoms with E-state index in [1.165, 1.54) is 0 Å². The van der Waals surface area contributed by atoms with Crippen LogP contribution in [0.25, 0.3) is 11.4 Å². The normalized spacial score (nSPS) is 21.1. The molecule has 0 aromatic carbocycles. The molecule has 122 valence electrons. The number of aromatic nitrogens is 3. The molecule has 3 rings (SSSR count). The standard InChI is InChI=1S/C17H21N3O3/c1-2-11-22-17(21)14-5-3-13(4-6-14)16-19-15(20-23-16)12-7-9-18-10-8-12/h7-10,13-14H,2-6,11H2,1H3. The van der Waals surface area contributed by atoms with Crippen LogP contribution in [0.5, 0.6) is 0 Å². The molecule has 0 radical (unpaired) electrons. The van der Waals surface area contributed by atoms with Crippen molar-refractivity contribution < 1.29 is 14.1 Å². The van der Waals surface area contributed by atoms with Crippen molar-refractivity contribution in [2.24, 2.45) is 5.92 Å². The Morgan fingerprint density at radius 3 is 2.70 bits per heavy atom. The first kappa shape index (κ1) is 15.6. The average molecular weight is 315 g/mol. The quantitative estimate of drug-likeness (QED) is 0.787. The van der Waals surface area contributed by atoms with Gasteiger partial charge < -0.3 is 9.26 Å². The van der Waals surface area contributed by atoms with E-state index < -0.39 is 0 Å². The number of hydrogen-bond donors (Lipinski definition) is 0. The predicted molar refractivity (Wildman–Crippen MR) is 83.5 cm³/mol. The second-order valence-electron chi connectivity index (χ2n) is 5.91. The van der Waals surface area contributed by atoms with E-state index in [4.69, 9.17) is 9.26 Å². The summed E-state index contributed by atoms with van der Waals surface area (Å²) < 4.78 is 10.7. The van der Waals surface area contributed by atoms with E-state index in [2.05, 4.69) is 15.1 Å². The SMILES string of the molecule is CCCOC(=O)C1CCC(c2nc(-c3ccncc3)no2)CC1. The zero-order valence-electron chi connectivity index (χ0n) is 13.3. The molecule has 2 aromatic heterocycles. The van der Waals surface area contributed by atoms with Gasteiger partial charge >= 0.3 is 5.97 Å². The summed E-state index contributed by atoms with van der Waals surface area (Å²) >= 11 is 0. The molecule has 2 heterocycles. The van der Waals surface area contributed by atoms with Gasteiger partial charge in [0.15, 0.2) is 0 Å². The van der Waals surface area contributed by atoms with Gasteiger partial charge in [-0.3, -0.25) is 9.78 Å². The lowest BCUT2D eigenvalue weighted by Gasteiger charge is -2.24. The first-order valence-electron chi connectivity index (χ1n) is 8.18. The zero-order valence-corrected chi connectivity index (χ0v) is 13.3. The lowest BCUT2D eigenvalue weighted by Crippen LogP contribution is -2.23. The molecule has 0 aliphatic heterocycles. The van der Waals surface area contributed by atoms with Gasteiger partial charge in [-0.05, 0) is 44.2 Å². The molecule has 6 nitrogen and oxygen atoms in total. The van der Waals surface area contributed by atoms with Gasteiger partial charge in [0.05, 0.1) is 12.5 Å². The predicted octanol–water partition coefficient (Wildman–Crippen LogP) is 3.36. The maximum atomic E-state index is 11.9. The maximum absolute atomic E-state index is 11.9. The molecule has 1 aliphatic carbocycles. The van der Waals surface area contributed by atoms with Crippen molar-refractivity contribution in [1.29, 1.82) is 0 Å². The Labute approximate surface area is 135 Å². The molecule has 0 atom stereocenters. The number of carbonyl (C=O) groups is 1. The van der Waals surface area contributed by atoms with Gasteiger partial charge in [0.1, 0.15) is 0 Å². The minimum atomic E-state index is -0.0618. The van der Waals surface area contributed by atoms with Crippen LogP contribution in [0.3, 0.4) is 0 Å². The van der Waals surface area contributed by atoms with Gasteiger partial charge in [-0.2, -0.15) is 4.98 Å². The van der Waals surface area contributed by atoms with Gasteiger partial charge in [0.2, 0.25) is 11.7 Å². The minimum Gasteiger partial charge on any atom is -0.465 e. The van der Waals surface area contributed by atoms with E-state index in [9.17, 15) is 4.79 Å². The van der Waals surface area contributed by atoms with Crippen LogP contribution in [-0.2, 0) is 9.53 Å². The molecule has 6 heteroatoms. The van der Waals surface area contributed by atoms with Crippen LogP contribution in [0.2, 0.25) is 0 Å². The Morgan fingerprint density at radius 2 is 2.00 bits per heavy atom. The molecule has 0 spiro atoms. The van der Waals surface area contributed by atoms with E-state index in [-0.39, 0.29) is 17.8 Å². The molecule has 1 aliphatic rings. The molecule has 0 bridgehead atoms. The van der Waals surface area contributed by atoms with Crippen molar-refractivity contribution in [2.45, 2.75) is 44.9 Å². The second kappa shape index (κ2) is 7.35. The van der Waals surface area contributed by atoms with E-state index in [0.717, 1.165) is 37.7 Å². The summed E-state index contributed by atoms with van der Waals surface area (Å²) in [4.78, 5) is 20.4. The molecule has 1 saturated carbocycles. The number of esters is 1. The number of ether oxygens (including phenoxy) is 1. The largest absolute Gasteiger partial charge is 0.465 e. The highest BCUT2D eigenvalue weighted by molar-refractivity contribution is 5.72. The highest BCUT2D eigenvalue weighted by atomic mass is 16.5. The van der Waals surface area contributed by atoms with Crippen molar-refractivity contribution in [3.8, 4) is 11.4 Å². The first-order valence-corrected chi connectivity index (χ1v) is 8.18. The van der Waals surface area contributed by atoms with Gasteiger partial charge in [0, 0.05) is 23.9 Å². The lowest BCUT2D eigenvalue weighted by molar-refractivity contribution is -0.149. The second-order valence-corrected chi connectivity index (χ2v) is 5.91. The zero-order chi connectivity index (χ0) is 16.1. The summed E-state index contributed by atoms with van der Waals surface area (Å²) in [5.41, 5.74) is 0.895. The molecular formula is C17H21N3O3. The lowest BCUT2D eigenvalue weighted by atomic mass is 9.82. The summed E-state index contributed by atoms with van der Waals surface area (Å²) in [5, 5.41) is 4.05. The van der Waals surface area contributed by atoms with Crippen molar-refractivity contribution in [3.63, 3.8) is 0 Å². The molecular weight excluding hydrogens is 294 g/mol. The summed E-state index contributed by atoms with van der Waals surface area (Å²) in [6, 6.07) is 3.71. The molecule has 2 aromatic rings. The van der Waals surface area contributed by atoms with Crippen molar-refractivity contribution >= 4 is 5.97 Å². The Hall–Kier alpha value is -2.24. The van der Waals surface area contributed by atoms with E-state index in [0.29, 0.717) is 18.3 Å². The monoisotopic (exact) mass is 315 g/mol. The van der Waals surface area contributed by atoms with Gasteiger partial charge in [-0.25, -0.2) is 0 Å². The summed E-state index contributed by atoms with van der Waals surface area (Å²) in [6.07, 6.45) is 7.67. The molecule has 0 amide bonds. The highest BCUT2D eigenvalue weighted by Gasteiger charge is 2.30. The van der Waals surface area contributed by atoms with Crippen LogP contribution in [0, 0.1) is 5.92 Å². The maximum Gasteiger partial charge on any atom is 0.308 e. The fraction of sp³-hybridized carbons (Fsp3) is 0.529. The topological polar surface area (TPSA) is 78.1 Å². The van der Waals surface area contributed by atoms with Crippen LogP contribution in [0.1, 0.15) is 50.8 Å². The Balaban J connectivity index is 1.58. The van der Waals surface area contributed by atoms with Crippen LogP contribution >= 0.6 is 0 Å². The number of pyridine rings is 1. The third-order valence-corrected chi connectivity index (χ3v) is 4.24. The van der Waals surface area contributed by atoms with Crippen molar-refractivity contribution in [1.82, 2.24) is 15.1 Å². The molecule has 23 heavy (non-hydrogen) atoms. The highest BCUT2D eigenvalue weighted by Crippen LogP contribution is 2.36. The van der Waals surface area contributed by atoms with Gasteiger partial charge in [0.25, 0.3) is 0 Å². The van der Waals surface area contributed by atoms with Gasteiger partial charge in [-0.1, -0.05) is 12.1 Å². The Bertz CT molecular complexity index is 634. The third kappa shape index (κ3) is 3.75. The summed E-state index contributed by atoms with van der Waals surface area (Å²) in [6.45, 7) is 2.51.